The first-order valence-electron chi connectivity index (χ1n) is 5.38. The van der Waals surface area contributed by atoms with Crippen molar-refractivity contribution in [2.45, 2.75) is 45.7 Å². The van der Waals surface area contributed by atoms with E-state index in [0.717, 1.165) is 37.6 Å². The van der Waals surface area contributed by atoms with Crippen LogP contribution in [0.2, 0.25) is 0 Å². The zero-order valence-electron chi connectivity index (χ0n) is 9.37. The van der Waals surface area contributed by atoms with Gasteiger partial charge in [0.1, 0.15) is 12.4 Å². The van der Waals surface area contributed by atoms with E-state index in [4.69, 9.17) is 16.3 Å². The highest BCUT2D eigenvalue weighted by Gasteiger charge is 2.09. The van der Waals surface area contributed by atoms with Gasteiger partial charge in [-0.05, 0) is 12.8 Å². The van der Waals surface area contributed by atoms with Gasteiger partial charge in [0.15, 0.2) is 5.82 Å². The summed E-state index contributed by atoms with van der Waals surface area (Å²) >= 11 is 5.78. The van der Waals surface area contributed by atoms with Gasteiger partial charge in [-0.2, -0.15) is 0 Å². The van der Waals surface area contributed by atoms with Crippen LogP contribution in [0.15, 0.2) is 0 Å². The van der Waals surface area contributed by atoms with Gasteiger partial charge in [0.25, 0.3) is 0 Å². The molecule has 0 aliphatic carbocycles. The van der Waals surface area contributed by atoms with Gasteiger partial charge in [0.05, 0.1) is 5.88 Å². The molecular formula is C10H18ClN3O. The molecule has 15 heavy (non-hydrogen) atoms. The molecule has 0 aromatic carbocycles. The number of hydrogen-bond donors (Lipinski definition) is 0. The summed E-state index contributed by atoms with van der Waals surface area (Å²) < 4.78 is 7.49. The van der Waals surface area contributed by atoms with E-state index in [9.17, 15) is 0 Å². The Kier molecular flexibility index (Phi) is 5.65. The van der Waals surface area contributed by atoms with Gasteiger partial charge in [-0.15, -0.1) is 21.8 Å². The van der Waals surface area contributed by atoms with Crippen LogP contribution in [0.5, 0.6) is 0 Å². The lowest BCUT2D eigenvalue weighted by Crippen LogP contribution is -2.08. The van der Waals surface area contributed by atoms with Gasteiger partial charge in [0, 0.05) is 13.2 Å². The maximum Gasteiger partial charge on any atom is 0.159 e. The average Bonchev–Trinajstić information content (AvgIpc) is 2.62. The number of alkyl halides is 1. The van der Waals surface area contributed by atoms with Crippen LogP contribution in [0.25, 0.3) is 0 Å². The number of hydrogen-bond acceptors (Lipinski definition) is 3. The van der Waals surface area contributed by atoms with E-state index < -0.39 is 0 Å². The maximum atomic E-state index is 5.78. The highest BCUT2D eigenvalue weighted by Crippen LogP contribution is 2.07. The van der Waals surface area contributed by atoms with E-state index >= 15 is 0 Å². The van der Waals surface area contributed by atoms with E-state index in [1.165, 1.54) is 0 Å². The Morgan fingerprint density at radius 2 is 1.93 bits per heavy atom. The monoisotopic (exact) mass is 231 g/mol. The predicted molar refractivity (Wildman–Crippen MR) is 59.8 cm³/mol. The first kappa shape index (κ1) is 12.5. The molecule has 5 heteroatoms. The van der Waals surface area contributed by atoms with Crippen molar-refractivity contribution >= 4 is 11.6 Å². The average molecular weight is 232 g/mol. The first-order valence-corrected chi connectivity index (χ1v) is 5.91. The van der Waals surface area contributed by atoms with Gasteiger partial charge in [-0.3, -0.25) is 0 Å². The van der Waals surface area contributed by atoms with Crippen molar-refractivity contribution in [3.05, 3.63) is 11.6 Å². The molecule has 0 saturated carbocycles. The summed E-state index contributed by atoms with van der Waals surface area (Å²) in [6, 6.07) is 0. The Morgan fingerprint density at radius 3 is 2.53 bits per heavy atom. The quantitative estimate of drug-likeness (QED) is 0.534. The van der Waals surface area contributed by atoms with Crippen LogP contribution in [0.3, 0.4) is 0 Å². The summed E-state index contributed by atoms with van der Waals surface area (Å²) in [5.74, 6) is 2.11. The summed E-state index contributed by atoms with van der Waals surface area (Å²) in [5.41, 5.74) is 0. The van der Waals surface area contributed by atoms with Gasteiger partial charge in [0.2, 0.25) is 0 Å². The molecule has 0 N–H and O–H groups in total. The van der Waals surface area contributed by atoms with Gasteiger partial charge in [-0.25, -0.2) is 0 Å². The maximum absolute atomic E-state index is 5.78. The van der Waals surface area contributed by atoms with Crippen molar-refractivity contribution in [1.29, 1.82) is 0 Å². The number of aromatic nitrogens is 3. The highest BCUT2D eigenvalue weighted by molar-refractivity contribution is 6.16. The molecule has 0 spiro atoms. The van der Waals surface area contributed by atoms with E-state index in [2.05, 4.69) is 24.0 Å². The molecule has 0 atom stereocenters. The van der Waals surface area contributed by atoms with E-state index in [1.54, 1.807) is 0 Å². The number of ether oxygens (including phenoxy) is 1. The lowest BCUT2D eigenvalue weighted by Gasteiger charge is -2.07. The van der Waals surface area contributed by atoms with E-state index in [1.807, 2.05) is 4.57 Å². The largest absolute Gasteiger partial charge is 0.373 e. The molecule has 1 aromatic rings. The van der Waals surface area contributed by atoms with Gasteiger partial charge < -0.3 is 9.30 Å². The van der Waals surface area contributed by atoms with Crippen molar-refractivity contribution in [2.24, 2.45) is 0 Å². The lowest BCUT2D eigenvalue weighted by molar-refractivity contribution is 0.113. The fourth-order valence-corrected chi connectivity index (χ4v) is 1.57. The Morgan fingerprint density at radius 1 is 1.20 bits per heavy atom. The summed E-state index contributed by atoms with van der Waals surface area (Å²) in [6.07, 6.45) is 2.06. The second-order valence-corrected chi connectivity index (χ2v) is 3.64. The number of halogens is 1. The van der Waals surface area contributed by atoms with Crippen molar-refractivity contribution in [3.63, 3.8) is 0 Å². The smallest absolute Gasteiger partial charge is 0.159 e. The molecule has 0 aliphatic rings. The molecule has 0 saturated heterocycles. The molecule has 0 radical (unpaired) electrons. The molecule has 1 heterocycles. The van der Waals surface area contributed by atoms with Crippen molar-refractivity contribution < 1.29 is 4.74 Å². The Labute approximate surface area is 95.6 Å². The summed E-state index contributed by atoms with van der Waals surface area (Å²) in [7, 11) is 0. The SMILES string of the molecule is CCCOCc1nnc(CCl)n1CCC. The molecule has 0 fully saturated rings. The number of nitrogens with zero attached hydrogens (tertiary/aromatic N) is 3. The lowest BCUT2D eigenvalue weighted by atomic mass is 10.4. The minimum Gasteiger partial charge on any atom is -0.373 e. The standard InChI is InChI=1S/C10H18ClN3O/c1-3-5-14-9(7-11)12-13-10(14)8-15-6-4-2/h3-8H2,1-2H3. The van der Waals surface area contributed by atoms with Crippen LogP contribution in [0.4, 0.5) is 0 Å². The highest BCUT2D eigenvalue weighted by atomic mass is 35.5. The fraction of sp³-hybridized carbons (Fsp3) is 0.800. The zero-order valence-corrected chi connectivity index (χ0v) is 10.1. The molecule has 0 bridgehead atoms. The zero-order chi connectivity index (χ0) is 11.1. The second kappa shape index (κ2) is 6.80. The molecule has 1 aromatic heterocycles. The van der Waals surface area contributed by atoms with Crippen LogP contribution in [-0.4, -0.2) is 21.4 Å². The molecule has 1 rings (SSSR count). The fourth-order valence-electron chi connectivity index (χ4n) is 1.37. The summed E-state index contributed by atoms with van der Waals surface area (Å²) in [5, 5.41) is 8.11. The van der Waals surface area contributed by atoms with Gasteiger partial charge in [-0.1, -0.05) is 13.8 Å². The number of rotatable bonds is 7. The molecular weight excluding hydrogens is 214 g/mol. The third-order valence-electron chi connectivity index (χ3n) is 2.05. The van der Waals surface area contributed by atoms with Crippen molar-refractivity contribution in [3.8, 4) is 0 Å². The topological polar surface area (TPSA) is 39.9 Å². The third-order valence-corrected chi connectivity index (χ3v) is 2.29. The normalized spacial score (nSPS) is 10.9. The predicted octanol–water partition coefficient (Wildman–Crippen LogP) is 2.35. The van der Waals surface area contributed by atoms with Gasteiger partial charge >= 0.3 is 0 Å². The molecule has 0 aliphatic heterocycles. The van der Waals surface area contributed by atoms with Crippen LogP contribution in [0.1, 0.15) is 38.3 Å². The van der Waals surface area contributed by atoms with Crippen LogP contribution >= 0.6 is 11.6 Å². The van der Waals surface area contributed by atoms with Crippen molar-refractivity contribution in [2.75, 3.05) is 6.61 Å². The molecule has 4 nitrogen and oxygen atoms in total. The van der Waals surface area contributed by atoms with E-state index in [0.29, 0.717) is 12.5 Å². The van der Waals surface area contributed by atoms with E-state index in [-0.39, 0.29) is 0 Å². The molecule has 0 amide bonds. The Balaban J connectivity index is 2.64. The molecule has 0 unspecified atom stereocenters. The molecule has 86 valence electrons. The van der Waals surface area contributed by atoms with Crippen molar-refractivity contribution in [1.82, 2.24) is 14.8 Å². The third kappa shape index (κ3) is 3.47. The summed E-state index contributed by atoms with van der Waals surface area (Å²) in [4.78, 5) is 0. The minimum atomic E-state index is 0.404. The Hall–Kier alpha value is -0.610. The van der Waals surface area contributed by atoms with Crippen LogP contribution in [-0.2, 0) is 23.8 Å². The van der Waals surface area contributed by atoms with Crippen LogP contribution < -0.4 is 0 Å². The Bertz CT molecular complexity index is 288. The second-order valence-electron chi connectivity index (χ2n) is 3.37. The first-order chi connectivity index (χ1) is 7.33. The summed E-state index contributed by atoms with van der Waals surface area (Å²) in [6.45, 7) is 6.39. The minimum absolute atomic E-state index is 0.404. The van der Waals surface area contributed by atoms with Crippen LogP contribution in [0, 0.1) is 0 Å².